The minimum absolute atomic E-state index is 0.0492. The van der Waals surface area contributed by atoms with Crippen LogP contribution in [0.3, 0.4) is 0 Å². The molecule has 0 bridgehead atoms. The van der Waals surface area contributed by atoms with Crippen molar-refractivity contribution in [3.8, 4) is 6.07 Å². The van der Waals surface area contributed by atoms with Crippen LogP contribution in [0.5, 0.6) is 0 Å². The quantitative estimate of drug-likeness (QED) is 0.912. The van der Waals surface area contributed by atoms with Gasteiger partial charge in [0.15, 0.2) is 0 Å². The molecule has 0 saturated carbocycles. The molecule has 0 aliphatic carbocycles. The fourth-order valence-electron chi connectivity index (χ4n) is 2.62. The van der Waals surface area contributed by atoms with Gasteiger partial charge in [0.05, 0.1) is 11.6 Å². The smallest absolute Gasteiger partial charge is 0.270 e. The Morgan fingerprint density at radius 1 is 1.25 bits per heavy atom. The average Bonchev–Trinajstić information content (AvgIpc) is 3.02. The second-order valence-corrected chi connectivity index (χ2v) is 7.12. The monoisotopic (exact) mass is 344 g/mol. The highest BCUT2D eigenvalue weighted by Crippen LogP contribution is 2.22. The Morgan fingerprint density at radius 3 is 2.58 bits per heavy atom. The molecule has 0 spiro atoms. The minimum Gasteiger partial charge on any atom is -0.340 e. The number of sulfonamides is 1. The molecule has 2 aromatic rings. The first-order chi connectivity index (χ1) is 11.4. The predicted molar refractivity (Wildman–Crippen MR) is 88.0 cm³/mol. The molecule has 3 rings (SSSR count). The van der Waals surface area contributed by atoms with Crippen molar-refractivity contribution in [2.75, 3.05) is 17.8 Å². The number of amides is 1. The molecule has 124 valence electrons. The lowest BCUT2D eigenvalue weighted by molar-refractivity contribution is 0.0715. The number of anilines is 1. The van der Waals surface area contributed by atoms with E-state index in [0.717, 1.165) is 0 Å². The van der Waals surface area contributed by atoms with Crippen LogP contribution >= 0.6 is 0 Å². The molecule has 1 aliphatic heterocycles. The van der Waals surface area contributed by atoms with Gasteiger partial charge in [0.2, 0.25) is 0 Å². The van der Waals surface area contributed by atoms with Crippen molar-refractivity contribution in [3.05, 3.63) is 47.8 Å². The lowest BCUT2D eigenvalue weighted by atomic mass is 10.2. The Morgan fingerprint density at radius 2 is 1.96 bits per heavy atom. The largest absolute Gasteiger partial charge is 0.340 e. The lowest BCUT2D eigenvalue weighted by Crippen LogP contribution is -2.39. The third kappa shape index (κ3) is 2.86. The number of rotatable bonds is 4. The van der Waals surface area contributed by atoms with Crippen molar-refractivity contribution >= 4 is 21.6 Å². The normalized spacial score (nSPS) is 14.2. The highest BCUT2D eigenvalue weighted by atomic mass is 32.2. The summed E-state index contributed by atoms with van der Waals surface area (Å²) in [6.07, 6.45) is 1.48. The van der Waals surface area contributed by atoms with E-state index in [1.807, 2.05) is 13.0 Å². The van der Waals surface area contributed by atoms with Crippen molar-refractivity contribution in [1.82, 2.24) is 9.47 Å². The van der Waals surface area contributed by atoms with Gasteiger partial charge in [-0.05, 0) is 37.3 Å². The number of nitriles is 1. The number of carbonyl (C=O) groups is 1. The van der Waals surface area contributed by atoms with Crippen LogP contribution in [0.4, 0.5) is 5.69 Å². The summed E-state index contributed by atoms with van der Waals surface area (Å²) in [5.74, 6) is -0.163. The number of aromatic nitrogens is 1. The summed E-state index contributed by atoms with van der Waals surface area (Å²) in [4.78, 5) is 14.0. The van der Waals surface area contributed by atoms with E-state index in [1.54, 1.807) is 9.47 Å². The van der Waals surface area contributed by atoms with Crippen molar-refractivity contribution in [3.63, 3.8) is 0 Å². The summed E-state index contributed by atoms with van der Waals surface area (Å²) in [5, 5.41) is 8.77. The van der Waals surface area contributed by atoms with E-state index in [0.29, 0.717) is 36.6 Å². The molecular weight excluding hydrogens is 328 g/mol. The van der Waals surface area contributed by atoms with E-state index in [-0.39, 0.29) is 10.8 Å². The number of fused-ring (bicyclic) bond motifs is 1. The summed E-state index contributed by atoms with van der Waals surface area (Å²) in [6.45, 7) is 3.62. The molecule has 0 atom stereocenters. The average molecular weight is 344 g/mol. The van der Waals surface area contributed by atoms with Crippen LogP contribution in [0.25, 0.3) is 0 Å². The fourth-order valence-corrected chi connectivity index (χ4v) is 3.71. The molecule has 0 radical (unpaired) electrons. The van der Waals surface area contributed by atoms with Crippen LogP contribution in [-0.2, 0) is 16.6 Å². The molecule has 0 fully saturated rings. The van der Waals surface area contributed by atoms with Gasteiger partial charge in [-0.2, -0.15) is 5.26 Å². The van der Waals surface area contributed by atoms with Gasteiger partial charge < -0.3 is 9.47 Å². The van der Waals surface area contributed by atoms with E-state index in [4.69, 9.17) is 5.26 Å². The zero-order valence-corrected chi connectivity index (χ0v) is 13.9. The molecule has 24 heavy (non-hydrogen) atoms. The molecule has 0 unspecified atom stereocenters. The maximum atomic E-state index is 12.5. The third-order valence-corrected chi connectivity index (χ3v) is 5.30. The summed E-state index contributed by atoms with van der Waals surface area (Å²) in [5.41, 5.74) is 1.19. The predicted octanol–water partition coefficient (Wildman–Crippen LogP) is 1.64. The molecule has 1 aromatic carbocycles. The first kappa shape index (κ1) is 16.1. The summed E-state index contributed by atoms with van der Waals surface area (Å²) in [6, 6.07) is 9.49. The van der Waals surface area contributed by atoms with Gasteiger partial charge in [0, 0.05) is 31.5 Å². The van der Waals surface area contributed by atoms with Gasteiger partial charge in [-0.3, -0.25) is 9.52 Å². The van der Waals surface area contributed by atoms with Gasteiger partial charge in [0.25, 0.3) is 15.9 Å². The van der Waals surface area contributed by atoms with Gasteiger partial charge in [0.1, 0.15) is 10.6 Å². The van der Waals surface area contributed by atoms with Crippen molar-refractivity contribution in [2.45, 2.75) is 18.4 Å². The summed E-state index contributed by atoms with van der Waals surface area (Å²) in [7, 11) is -3.80. The maximum absolute atomic E-state index is 12.5. The first-order valence-electron chi connectivity index (χ1n) is 7.47. The molecule has 7 nitrogen and oxygen atoms in total. The van der Waals surface area contributed by atoms with Crippen LogP contribution in [0.2, 0.25) is 0 Å². The van der Waals surface area contributed by atoms with Gasteiger partial charge in [-0.15, -0.1) is 0 Å². The van der Waals surface area contributed by atoms with E-state index in [9.17, 15) is 13.2 Å². The molecule has 8 heteroatoms. The van der Waals surface area contributed by atoms with Crippen molar-refractivity contribution in [1.29, 1.82) is 5.26 Å². The van der Waals surface area contributed by atoms with Gasteiger partial charge in [-0.1, -0.05) is 0 Å². The first-order valence-corrected chi connectivity index (χ1v) is 8.95. The van der Waals surface area contributed by atoms with Crippen LogP contribution in [-0.4, -0.2) is 36.9 Å². The highest BCUT2D eigenvalue weighted by Gasteiger charge is 2.27. The van der Waals surface area contributed by atoms with E-state index in [2.05, 4.69) is 4.72 Å². The highest BCUT2D eigenvalue weighted by molar-refractivity contribution is 7.92. The Balaban J connectivity index is 1.88. The molecule has 1 aromatic heterocycles. The SMILES string of the molecule is CCN1CCn2cc(S(=O)(=O)Nc3ccc(C#N)cc3)cc2C1=O. The van der Waals surface area contributed by atoms with Crippen molar-refractivity contribution in [2.24, 2.45) is 0 Å². The number of nitrogens with one attached hydrogen (secondary N) is 1. The Bertz CT molecular complexity index is 923. The molecular formula is C16H16N4O3S. The molecule has 1 N–H and O–H groups in total. The fraction of sp³-hybridized carbons (Fsp3) is 0.250. The Labute approximate surface area is 140 Å². The standard InChI is InChI=1S/C16H16N4O3S/c1-2-19-7-8-20-11-14(9-15(20)16(19)21)24(22,23)18-13-5-3-12(10-17)4-6-13/h3-6,9,11,18H,2,7-8H2,1H3. The number of hydrogen-bond donors (Lipinski definition) is 1. The van der Waals surface area contributed by atoms with Crippen LogP contribution in [0.1, 0.15) is 23.0 Å². The Kier molecular flexibility index (Phi) is 4.03. The number of likely N-dealkylation sites (N-methyl/N-ethyl adjacent to an activating group) is 1. The van der Waals surface area contributed by atoms with E-state index < -0.39 is 10.0 Å². The molecule has 1 aliphatic rings. The summed E-state index contributed by atoms with van der Waals surface area (Å²) >= 11 is 0. The second-order valence-electron chi connectivity index (χ2n) is 5.43. The van der Waals surface area contributed by atoms with Crippen LogP contribution < -0.4 is 4.72 Å². The van der Waals surface area contributed by atoms with Gasteiger partial charge >= 0.3 is 0 Å². The lowest BCUT2D eigenvalue weighted by Gasteiger charge is -2.26. The zero-order valence-electron chi connectivity index (χ0n) is 13.1. The summed E-state index contributed by atoms with van der Waals surface area (Å²) < 4.78 is 29.2. The number of benzene rings is 1. The van der Waals surface area contributed by atoms with Crippen LogP contribution in [0, 0.1) is 11.3 Å². The topological polar surface area (TPSA) is 95.2 Å². The van der Waals surface area contributed by atoms with Crippen LogP contribution in [0.15, 0.2) is 41.4 Å². The number of nitrogens with zero attached hydrogens (tertiary/aromatic N) is 3. The van der Waals surface area contributed by atoms with Crippen molar-refractivity contribution < 1.29 is 13.2 Å². The molecule has 1 amide bonds. The third-order valence-electron chi connectivity index (χ3n) is 3.95. The number of hydrogen-bond acceptors (Lipinski definition) is 4. The van der Waals surface area contributed by atoms with E-state index in [1.165, 1.54) is 36.5 Å². The number of carbonyl (C=O) groups excluding carboxylic acids is 1. The maximum Gasteiger partial charge on any atom is 0.270 e. The van der Waals surface area contributed by atoms with Gasteiger partial charge in [-0.25, -0.2) is 8.42 Å². The second kappa shape index (κ2) is 6.02. The van der Waals surface area contributed by atoms with E-state index >= 15 is 0 Å². The molecule has 2 heterocycles. The Hall–Kier alpha value is -2.79. The molecule has 0 saturated heterocycles. The minimum atomic E-state index is -3.80. The zero-order chi connectivity index (χ0) is 17.3.